The van der Waals surface area contributed by atoms with Gasteiger partial charge in [0, 0.05) is 31.0 Å². The summed E-state index contributed by atoms with van der Waals surface area (Å²) in [5.41, 5.74) is 1.77. The van der Waals surface area contributed by atoms with Crippen LogP contribution in [0, 0.1) is 16.0 Å². The third kappa shape index (κ3) is 6.03. The number of nitro groups is 1. The number of hydrogen-bond acceptors (Lipinski definition) is 11. The SMILES string of the molecule is CCCSc1nc(NCCCc2cccc([N+](=O)[O-])c2)c2nnn(C3C[C@H](C(=O)NCC)C(O)C3O)c2n1. The van der Waals surface area contributed by atoms with Crippen LogP contribution in [0.15, 0.2) is 29.4 Å². The molecule has 0 radical (unpaired) electrons. The standard InChI is InChI=1S/C24H32N8O5S/c1-3-11-38-24-27-21(26-10-6-8-14-7-5-9-15(12-14)32(36)37)18-22(28-24)31(30-29-18)17-13-16(19(33)20(17)34)23(35)25-4-2/h5,7,9,12,16-17,19-20,33-34H,3-4,6,8,10-11,13H2,1-2H3,(H,25,35)(H,26,27,28)/t16-,17?,19?,20?/m0/s1. The Balaban J connectivity index is 1.54. The molecule has 1 fully saturated rings. The predicted octanol–water partition coefficient (Wildman–Crippen LogP) is 2.10. The largest absolute Gasteiger partial charge is 0.390 e. The zero-order valence-corrected chi connectivity index (χ0v) is 22.1. The van der Waals surface area contributed by atoms with Gasteiger partial charge in [-0.3, -0.25) is 14.9 Å². The van der Waals surface area contributed by atoms with Crippen molar-refractivity contribution in [1.29, 1.82) is 0 Å². The molecule has 14 heteroatoms. The molecular formula is C24H32N8O5S. The van der Waals surface area contributed by atoms with Crippen molar-refractivity contribution in [3.8, 4) is 0 Å². The maximum Gasteiger partial charge on any atom is 0.269 e. The number of fused-ring (bicyclic) bond motifs is 1. The molecule has 13 nitrogen and oxygen atoms in total. The van der Waals surface area contributed by atoms with E-state index in [0.29, 0.717) is 48.1 Å². The van der Waals surface area contributed by atoms with Gasteiger partial charge in [-0.1, -0.05) is 36.0 Å². The van der Waals surface area contributed by atoms with Crippen LogP contribution >= 0.6 is 11.8 Å². The van der Waals surface area contributed by atoms with Crippen LogP contribution in [0.2, 0.25) is 0 Å². The van der Waals surface area contributed by atoms with Crippen molar-refractivity contribution in [1.82, 2.24) is 30.3 Å². The Morgan fingerprint density at radius 3 is 2.82 bits per heavy atom. The third-order valence-corrected chi connectivity index (χ3v) is 7.50. The minimum absolute atomic E-state index is 0.0656. The Morgan fingerprint density at radius 2 is 2.08 bits per heavy atom. The number of nitrogens with zero attached hydrogens (tertiary/aromatic N) is 6. The molecule has 1 aliphatic carbocycles. The summed E-state index contributed by atoms with van der Waals surface area (Å²) in [5.74, 6) is 0.220. The number of benzene rings is 1. The summed E-state index contributed by atoms with van der Waals surface area (Å²) in [6.45, 7) is 4.81. The van der Waals surface area contributed by atoms with Crippen LogP contribution in [-0.4, -0.2) is 77.1 Å². The highest BCUT2D eigenvalue weighted by molar-refractivity contribution is 7.99. The summed E-state index contributed by atoms with van der Waals surface area (Å²) in [6, 6.07) is 5.90. The van der Waals surface area contributed by atoms with E-state index >= 15 is 0 Å². The first kappa shape index (κ1) is 27.7. The number of aliphatic hydroxyl groups is 2. The molecule has 1 saturated carbocycles. The van der Waals surface area contributed by atoms with Crippen molar-refractivity contribution < 1.29 is 19.9 Å². The van der Waals surface area contributed by atoms with E-state index in [-0.39, 0.29) is 18.0 Å². The van der Waals surface area contributed by atoms with Crippen LogP contribution in [0.5, 0.6) is 0 Å². The van der Waals surface area contributed by atoms with E-state index in [1.165, 1.54) is 22.5 Å². The lowest BCUT2D eigenvalue weighted by Gasteiger charge is -2.17. The Morgan fingerprint density at radius 1 is 1.26 bits per heavy atom. The molecule has 3 unspecified atom stereocenters. The molecule has 3 aromatic rings. The Hall–Kier alpha value is -3.36. The van der Waals surface area contributed by atoms with Gasteiger partial charge >= 0.3 is 0 Å². The maximum absolute atomic E-state index is 12.4. The number of anilines is 1. The number of carbonyl (C=O) groups is 1. The first-order valence-corrected chi connectivity index (χ1v) is 13.7. The number of carbonyl (C=O) groups excluding carboxylic acids is 1. The van der Waals surface area contributed by atoms with Gasteiger partial charge in [-0.05, 0) is 38.2 Å². The van der Waals surface area contributed by atoms with E-state index in [2.05, 4.69) is 37.8 Å². The average molecular weight is 545 g/mol. The van der Waals surface area contributed by atoms with Crippen molar-refractivity contribution in [2.24, 2.45) is 5.92 Å². The second-order valence-electron chi connectivity index (χ2n) is 9.15. The molecule has 38 heavy (non-hydrogen) atoms. The summed E-state index contributed by atoms with van der Waals surface area (Å²) in [6.07, 6.45) is 0.0195. The van der Waals surface area contributed by atoms with Gasteiger partial charge in [0.2, 0.25) is 5.91 Å². The van der Waals surface area contributed by atoms with Gasteiger partial charge in [-0.15, -0.1) is 5.10 Å². The number of amides is 1. The summed E-state index contributed by atoms with van der Waals surface area (Å²) < 4.78 is 1.48. The van der Waals surface area contributed by atoms with Crippen molar-refractivity contribution >= 4 is 40.3 Å². The van der Waals surface area contributed by atoms with Crippen molar-refractivity contribution in [2.75, 3.05) is 24.2 Å². The number of hydrogen-bond donors (Lipinski definition) is 4. The number of non-ortho nitro benzene ring substituents is 1. The van der Waals surface area contributed by atoms with Crippen LogP contribution < -0.4 is 10.6 Å². The smallest absolute Gasteiger partial charge is 0.269 e. The highest BCUT2D eigenvalue weighted by Gasteiger charge is 2.47. The number of aryl methyl sites for hydroxylation is 1. The summed E-state index contributed by atoms with van der Waals surface area (Å²) in [4.78, 5) is 32.3. The van der Waals surface area contributed by atoms with Gasteiger partial charge in [0.25, 0.3) is 5.69 Å². The van der Waals surface area contributed by atoms with E-state index in [1.54, 1.807) is 19.1 Å². The lowest BCUT2D eigenvalue weighted by molar-refractivity contribution is -0.384. The van der Waals surface area contributed by atoms with Gasteiger partial charge < -0.3 is 20.8 Å². The summed E-state index contributed by atoms with van der Waals surface area (Å²) in [5, 5.41) is 47.4. The van der Waals surface area contributed by atoms with Crippen molar-refractivity contribution in [3.05, 3.63) is 39.9 Å². The van der Waals surface area contributed by atoms with Gasteiger partial charge in [0.1, 0.15) is 6.10 Å². The fourth-order valence-electron chi connectivity index (χ4n) is 4.56. The highest BCUT2D eigenvalue weighted by atomic mass is 32.2. The fraction of sp³-hybridized carbons (Fsp3) is 0.542. The summed E-state index contributed by atoms with van der Waals surface area (Å²) >= 11 is 1.49. The summed E-state index contributed by atoms with van der Waals surface area (Å²) in [7, 11) is 0. The molecule has 0 saturated heterocycles. The van der Waals surface area contributed by atoms with E-state index < -0.39 is 29.1 Å². The van der Waals surface area contributed by atoms with Gasteiger partial charge in [-0.25, -0.2) is 14.6 Å². The van der Waals surface area contributed by atoms with Gasteiger partial charge in [-0.2, -0.15) is 0 Å². The Labute approximate surface area is 223 Å². The molecule has 2 aromatic heterocycles. The molecule has 2 heterocycles. The fourth-order valence-corrected chi connectivity index (χ4v) is 5.25. The lowest BCUT2D eigenvalue weighted by atomic mass is 10.0. The maximum atomic E-state index is 12.4. The zero-order valence-electron chi connectivity index (χ0n) is 21.3. The van der Waals surface area contributed by atoms with Crippen molar-refractivity contribution in [3.63, 3.8) is 0 Å². The molecule has 4 atom stereocenters. The number of aliphatic hydroxyl groups excluding tert-OH is 2. The molecule has 0 spiro atoms. The number of aromatic nitrogens is 5. The number of rotatable bonds is 12. The van der Waals surface area contributed by atoms with Gasteiger partial charge in [0.15, 0.2) is 22.1 Å². The first-order chi connectivity index (χ1) is 18.3. The zero-order chi connectivity index (χ0) is 27.2. The third-order valence-electron chi connectivity index (χ3n) is 6.45. The predicted molar refractivity (Wildman–Crippen MR) is 142 cm³/mol. The molecule has 1 aliphatic rings. The highest BCUT2D eigenvalue weighted by Crippen LogP contribution is 2.37. The number of nitro benzene ring substituents is 1. The van der Waals surface area contributed by atoms with Crippen LogP contribution in [0.4, 0.5) is 11.5 Å². The first-order valence-electron chi connectivity index (χ1n) is 12.7. The van der Waals surface area contributed by atoms with E-state index in [4.69, 9.17) is 0 Å². The van der Waals surface area contributed by atoms with E-state index in [9.17, 15) is 25.1 Å². The van der Waals surface area contributed by atoms with Gasteiger partial charge in [0.05, 0.1) is 23.0 Å². The normalized spacial score (nSPS) is 21.1. The molecule has 1 aromatic carbocycles. The monoisotopic (exact) mass is 544 g/mol. The van der Waals surface area contributed by atoms with Crippen LogP contribution in [0.25, 0.3) is 11.2 Å². The minimum atomic E-state index is -1.23. The molecule has 1 amide bonds. The Bertz CT molecular complexity index is 1290. The second-order valence-corrected chi connectivity index (χ2v) is 10.2. The van der Waals surface area contributed by atoms with Crippen LogP contribution in [0.1, 0.15) is 44.7 Å². The average Bonchev–Trinajstić information content (AvgIpc) is 3.46. The molecule has 0 aliphatic heterocycles. The van der Waals surface area contributed by atoms with Crippen molar-refractivity contribution in [2.45, 2.75) is 62.9 Å². The topological polar surface area (TPSA) is 181 Å². The molecule has 4 N–H and O–H groups in total. The minimum Gasteiger partial charge on any atom is -0.390 e. The number of thioether (sulfide) groups is 1. The van der Waals surface area contributed by atoms with Crippen LogP contribution in [0.3, 0.4) is 0 Å². The Kier molecular flexibility index (Phi) is 9.07. The lowest BCUT2D eigenvalue weighted by Crippen LogP contribution is -2.38. The van der Waals surface area contributed by atoms with Crippen LogP contribution in [-0.2, 0) is 11.2 Å². The second kappa shape index (κ2) is 12.5. The van der Waals surface area contributed by atoms with E-state index in [1.807, 2.05) is 6.07 Å². The quantitative estimate of drug-likeness (QED) is 0.0861. The molecule has 4 rings (SSSR count). The molecule has 0 bridgehead atoms. The number of nitrogens with one attached hydrogen (secondary N) is 2. The molecular weight excluding hydrogens is 512 g/mol. The van der Waals surface area contributed by atoms with E-state index in [0.717, 1.165) is 17.7 Å². The molecule has 204 valence electrons.